The molecule has 0 spiro atoms. The lowest BCUT2D eigenvalue weighted by Crippen LogP contribution is -2.61. The molecular formula is C14H30N2O3S. The zero-order valence-electron chi connectivity index (χ0n) is 13.5. The fraction of sp³-hybridized carbons (Fsp3) is 1.00. The van der Waals surface area contributed by atoms with Gasteiger partial charge >= 0.3 is 0 Å². The van der Waals surface area contributed by atoms with Gasteiger partial charge in [-0.3, -0.25) is 0 Å². The van der Waals surface area contributed by atoms with Gasteiger partial charge in [0.1, 0.15) is 0 Å². The molecule has 1 aliphatic rings. The summed E-state index contributed by atoms with van der Waals surface area (Å²) in [5.41, 5.74) is 0.164. The molecule has 6 heteroatoms. The lowest BCUT2D eigenvalue weighted by atomic mass is 9.64. The second-order valence-corrected chi connectivity index (χ2v) is 8.10. The minimum absolute atomic E-state index is 0.164. The van der Waals surface area contributed by atoms with Gasteiger partial charge in [-0.05, 0) is 26.3 Å². The van der Waals surface area contributed by atoms with Gasteiger partial charge in [0.15, 0.2) is 0 Å². The van der Waals surface area contributed by atoms with E-state index in [4.69, 9.17) is 4.74 Å². The number of sulfonamides is 1. The first kappa shape index (κ1) is 17.9. The molecule has 0 aromatic rings. The van der Waals surface area contributed by atoms with Gasteiger partial charge in [-0.25, -0.2) is 12.7 Å². The Bertz CT molecular complexity index is 395. The molecule has 1 rings (SSSR count). The van der Waals surface area contributed by atoms with Gasteiger partial charge in [0.2, 0.25) is 10.0 Å². The molecular weight excluding hydrogens is 276 g/mol. The molecule has 1 saturated carbocycles. The summed E-state index contributed by atoms with van der Waals surface area (Å²) in [6, 6.07) is 0.465. The fourth-order valence-corrected chi connectivity index (χ4v) is 3.74. The van der Waals surface area contributed by atoms with Crippen LogP contribution in [0.3, 0.4) is 0 Å². The minimum atomic E-state index is -3.06. The Morgan fingerprint density at radius 2 is 2.00 bits per heavy atom. The van der Waals surface area contributed by atoms with Crippen LogP contribution in [0.5, 0.6) is 0 Å². The van der Waals surface area contributed by atoms with Crippen molar-refractivity contribution in [3.63, 3.8) is 0 Å². The third-order valence-electron chi connectivity index (χ3n) is 4.34. The van der Waals surface area contributed by atoms with Crippen LogP contribution in [0.4, 0.5) is 0 Å². The lowest BCUT2D eigenvalue weighted by molar-refractivity contribution is -0.113. The Kier molecular flexibility index (Phi) is 6.44. The van der Waals surface area contributed by atoms with Gasteiger partial charge in [0, 0.05) is 31.2 Å². The molecule has 0 aromatic carbocycles. The highest BCUT2D eigenvalue weighted by Gasteiger charge is 2.48. The maximum Gasteiger partial charge on any atom is 0.211 e. The van der Waals surface area contributed by atoms with E-state index in [1.807, 2.05) is 13.8 Å². The second-order valence-electron chi connectivity index (χ2n) is 6.12. The smallest absolute Gasteiger partial charge is 0.211 e. The topological polar surface area (TPSA) is 58.6 Å². The molecule has 0 heterocycles. The van der Waals surface area contributed by atoms with Gasteiger partial charge in [-0.15, -0.1) is 0 Å². The fourth-order valence-electron chi connectivity index (χ4n) is 2.81. The van der Waals surface area contributed by atoms with Gasteiger partial charge in [-0.1, -0.05) is 20.8 Å². The molecule has 5 nitrogen and oxygen atoms in total. The number of nitrogens with one attached hydrogen (secondary N) is 1. The van der Waals surface area contributed by atoms with Crippen LogP contribution in [0, 0.1) is 5.41 Å². The largest absolute Gasteiger partial charge is 0.378 e. The predicted octanol–water partition coefficient (Wildman–Crippen LogP) is 1.45. The highest BCUT2D eigenvalue weighted by molar-refractivity contribution is 7.88. The summed E-state index contributed by atoms with van der Waals surface area (Å²) in [5, 5.41) is 3.53. The summed E-state index contributed by atoms with van der Waals surface area (Å²) in [6.45, 7) is 11.1. The van der Waals surface area contributed by atoms with Crippen molar-refractivity contribution >= 4 is 10.0 Å². The van der Waals surface area contributed by atoms with Crippen LogP contribution in [0.1, 0.15) is 40.5 Å². The molecule has 0 radical (unpaired) electrons. The third-order valence-corrected chi connectivity index (χ3v) is 5.72. The van der Waals surface area contributed by atoms with Crippen molar-refractivity contribution in [2.75, 3.05) is 32.5 Å². The summed E-state index contributed by atoms with van der Waals surface area (Å²) < 4.78 is 30.1. The van der Waals surface area contributed by atoms with E-state index in [0.717, 1.165) is 26.0 Å². The molecule has 20 heavy (non-hydrogen) atoms. The molecule has 0 aromatic heterocycles. The predicted molar refractivity (Wildman–Crippen MR) is 82.3 cm³/mol. The first-order valence-corrected chi connectivity index (χ1v) is 9.38. The third kappa shape index (κ3) is 4.41. The second kappa shape index (κ2) is 7.20. The van der Waals surface area contributed by atoms with Crippen LogP contribution in [0.25, 0.3) is 0 Å². The van der Waals surface area contributed by atoms with Crippen molar-refractivity contribution < 1.29 is 13.2 Å². The Morgan fingerprint density at radius 1 is 1.35 bits per heavy atom. The van der Waals surface area contributed by atoms with Crippen LogP contribution >= 0.6 is 0 Å². The van der Waals surface area contributed by atoms with Crippen molar-refractivity contribution in [1.29, 1.82) is 0 Å². The van der Waals surface area contributed by atoms with E-state index in [1.54, 1.807) is 0 Å². The standard InChI is InChI=1S/C14H30N2O3S/c1-6-16(20(5,17)18)10-8-9-15-12-11-13(19-7-2)14(12,3)4/h12-13,15H,6-11H2,1-5H3. The van der Waals surface area contributed by atoms with Gasteiger partial charge in [0.05, 0.1) is 12.4 Å². The average Bonchev–Trinajstić information content (AvgIpc) is 2.34. The maximum atomic E-state index is 11.5. The van der Waals surface area contributed by atoms with Crippen molar-refractivity contribution in [2.24, 2.45) is 5.41 Å². The molecule has 2 unspecified atom stereocenters. The number of nitrogens with zero attached hydrogens (tertiary/aromatic N) is 1. The first-order chi connectivity index (χ1) is 9.23. The molecule has 1 fully saturated rings. The molecule has 120 valence electrons. The number of hydrogen-bond donors (Lipinski definition) is 1. The van der Waals surface area contributed by atoms with Crippen LogP contribution in [0.2, 0.25) is 0 Å². The monoisotopic (exact) mass is 306 g/mol. The van der Waals surface area contributed by atoms with Crippen LogP contribution < -0.4 is 5.32 Å². The molecule has 0 amide bonds. The maximum absolute atomic E-state index is 11.5. The molecule has 1 N–H and O–H groups in total. The lowest BCUT2D eigenvalue weighted by Gasteiger charge is -2.52. The van der Waals surface area contributed by atoms with E-state index in [-0.39, 0.29) is 5.41 Å². The molecule has 0 bridgehead atoms. The highest BCUT2D eigenvalue weighted by Crippen LogP contribution is 2.42. The molecule has 2 atom stereocenters. The van der Waals surface area contributed by atoms with Crippen LogP contribution in [0.15, 0.2) is 0 Å². The van der Waals surface area contributed by atoms with Gasteiger partial charge in [-0.2, -0.15) is 0 Å². The van der Waals surface area contributed by atoms with Crippen LogP contribution in [-0.2, 0) is 14.8 Å². The zero-order chi connectivity index (χ0) is 15.4. The normalized spacial score (nSPS) is 25.7. The van der Waals surface area contributed by atoms with E-state index in [9.17, 15) is 8.42 Å². The highest BCUT2D eigenvalue weighted by atomic mass is 32.2. The quantitative estimate of drug-likeness (QED) is 0.655. The van der Waals surface area contributed by atoms with Crippen LogP contribution in [-0.4, -0.2) is 57.4 Å². The number of rotatable bonds is 9. The van der Waals surface area contributed by atoms with Gasteiger partial charge in [0.25, 0.3) is 0 Å². The Hall–Kier alpha value is -0.170. The summed E-state index contributed by atoms with van der Waals surface area (Å²) in [7, 11) is -3.06. The summed E-state index contributed by atoms with van der Waals surface area (Å²) >= 11 is 0. The average molecular weight is 306 g/mol. The summed E-state index contributed by atoms with van der Waals surface area (Å²) in [5.74, 6) is 0. The van der Waals surface area contributed by atoms with Crippen molar-refractivity contribution in [2.45, 2.75) is 52.7 Å². The zero-order valence-corrected chi connectivity index (χ0v) is 14.3. The molecule has 0 saturated heterocycles. The first-order valence-electron chi connectivity index (χ1n) is 7.53. The molecule has 1 aliphatic carbocycles. The number of hydrogen-bond acceptors (Lipinski definition) is 4. The summed E-state index contributed by atoms with van der Waals surface area (Å²) in [4.78, 5) is 0. The SMILES string of the molecule is CCOC1CC(NCCCN(CC)S(C)(=O)=O)C1(C)C. The molecule has 0 aliphatic heterocycles. The van der Waals surface area contributed by atoms with Gasteiger partial charge < -0.3 is 10.1 Å². The van der Waals surface area contributed by atoms with Crippen molar-refractivity contribution in [3.8, 4) is 0 Å². The van der Waals surface area contributed by atoms with E-state index in [2.05, 4.69) is 19.2 Å². The minimum Gasteiger partial charge on any atom is -0.378 e. The Morgan fingerprint density at radius 3 is 2.45 bits per heavy atom. The van der Waals surface area contributed by atoms with E-state index < -0.39 is 10.0 Å². The van der Waals surface area contributed by atoms with Crippen molar-refractivity contribution in [3.05, 3.63) is 0 Å². The number of ether oxygens (including phenoxy) is 1. The Balaban J connectivity index is 2.26. The van der Waals surface area contributed by atoms with E-state index >= 15 is 0 Å². The summed E-state index contributed by atoms with van der Waals surface area (Å²) in [6.07, 6.45) is 3.50. The Labute approximate surface area is 124 Å². The van der Waals surface area contributed by atoms with Crippen molar-refractivity contribution in [1.82, 2.24) is 9.62 Å². The van der Waals surface area contributed by atoms with E-state index in [1.165, 1.54) is 10.6 Å². The van der Waals surface area contributed by atoms with E-state index in [0.29, 0.717) is 25.2 Å².